The molecule has 0 atom stereocenters. The molecular weight excluding hydrogens is 239 g/mol. The topological polar surface area (TPSA) is 15.3 Å². The molecule has 0 spiro atoms. The van der Waals surface area contributed by atoms with Gasteiger partial charge in [-0.05, 0) is 75.1 Å². The monoisotopic (exact) mass is 264 g/mol. The van der Waals surface area contributed by atoms with Crippen molar-refractivity contribution in [2.45, 2.75) is 33.2 Å². The highest BCUT2D eigenvalue weighted by atomic mass is 19.1. The zero-order valence-electron chi connectivity index (χ0n) is 12.1. The molecule has 1 saturated heterocycles. The highest BCUT2D eigenvalue weighted by molar-refractivity contribution is 5.26. The summed E-state index contributed by atoms with van der Waals surface area (Å²) in [5.41, 5.74) is 2.24. The lowest BCUT2D eigenvalue weighted by atomic mass is 9.96. The maximum absolute atomic E-state index is 13.0. The summed E-state index contributed by atoms with van der Waals surface area (Å²) in [6.45, 7) is 9.77. The molecule has 3 heteroatoms. The minimum Gasteiger partial charge on any atom is -0.312 e. The zero-order chi connectivity index (χ0) is 13.7. The van der Waals surface area contributed by atoms with Crippen molar-refractivity contribution in [2.75, 3.05) is 26.2 Å². The molecule has 2 rings (SSSR count). The molecule has 1 heterocycles. The summed E-state index contributed by atoms with van der Waals surface area (Å²) in [4.78, 5) is 2.51. The number of rotatable bonds is 5. The summed E-state index contributed by atoms with van der Waals surface area (Å²) < 4.78 is 13.0. The van der Waals surface area contributed by atoms with E-state index in [1.165, 1.54) is 38.0 Å². The van der Waals surface area contributed by atoms with Crippen LogP contribution in [0.3, 0.4) is 0 Å². The number of likely N-dealkylation sites (tertiary alicyclic amines) is 1. The highest BCUT2D eigenvalue weighted by Gasteiger charge is 2.17. The van der Waals surface area contributed by atoms with Gasteiger partial charge in [0.25, 0.3) is 0 Å². The molecule has 19 heavy (non-hydrogen) atoms. The standard InChI is InChI=1S/C16H25FN2/c1-3-19-8-6-14(7-9-19)11-18-12-15-4-5-16(17)10-13(15)2/h4-5,10,14,18H,3,6-9,11-12H2,1-2H3. The molecule has 0 saturated carbocycles. The van der Waals surface area contributed by atoms with Gasteiger partial charge in [-0.25, -0.2) is 4.39 Å². The molecule has 1 N–H and O–H groups in total. The highest BCUT2D eigenvalue weighted by Crippen LogP contribution is 2.16. The van der Waals surface area contributed by atoms with Crippen molar-refractivity contribution in [1.82, 2.24) is 10.2 Å². The molecular formula is C16H25FN2. The van der Waals surface area contributed by atoms with Crippen LogP contribution in [0, 0.1) is 18.7 Å². The van der Waals surface area contributed by atoms with Crippen molar-refractivity contribution < 1.29 is 4.39 Å². The molecule has 0 aliphatic carbocycles. The van der Waals surface area contributed by atoms with Gasteiger partial charge in [0, 0.05) is 6.54 Å². The predicted molar refractivity (Wildman–Crippen MR) is 77.7 cm³/mol. The first kappa shape index (κ1) is 14.5. The Balaban J connectivity index is 1.72. The van der Waals surface area contributed by atoms with Crippen molar-refractivity contribution in [2.24, 2.45) is 5.92 Å². The Kier molecular flexibility index (Phi) is 5.34. The number of nitrogens with one attached hydrogen (secondary N) is 1. The Hall–Kier alpha value is -0.930. The van der Waals surface area contributed by atoms with E-state index in [0.717, 1.165) is 24.6 Å². The predicted octanol–water partition coefficient (Wildman–Crippen LogP) is 2.96. The molecule has 1 fully saturated rings. The summed E-state index contributed by atoms with van der Waals surface area (Å²) in [7, 11) is 0. The third-order valence-corrected chi connectivity index (χ3v) is 4.21. The minimum atomic E-state index is -0.145. The van der Waals surface area contributed by atoms with Gasteiger partial charge in [-0.1, -0.05) is 13.0 Å². The zero-order valence-corrected chi connectivity index (χ0v) is 12.1. The number of hydrogen-bond donors (Lipinski definition) is 1. The third kappa shape index (κ3) is 4.29. The Morgan fingerprint density at radius 2 is 2.05 bits per heavy atom. The normalized spacial score (nSPS) is 17.8. The number of nitrogens with zero attached hydrogens (tertiary/aromatic N) is 1. The first-order valence-electron chi connectivity index (χ1n) is 7.37. The van der Waals surface area contributed by atoms with Crippen LogP contribution in [-0.2, 0) is 6.54 Å². The van der Waals surface area contributed by atoms with Crippen LogP contribution >= 0.6 is 0 Å². The van der Waals surface area contributed by atoms with Gasteiger partial charge in [-0.15, -0.1) is 0 Å². The van der Waals surface area contributed by atoms with Crippen LogP contribution in [0.5, 0.6) is 0 Å². The fraction of sp³-hybridized carbons (Fsp3) is 0.625. The lowest BCUT2D eigenvalue weighted by molar-refractivity contribution is 0.190. The Morgan fingerprint density at radius 3 is 2.68 bits per heavy atom. The Bertz CT molecular complexity index is 398. The molecule has 1 aliphatic rings. The maximum atomic E-state index is 13.0. The van der Waals surface area contributed by atoms with E-state index in [4.69, 9.17) is 0 Å². The van der Waals surface area contributed by atoms with Gasteiger partial charge in [0.05, 0.1) is 0 Å². The van der Waals surface area contributed by atoms with Gasteiger partial charge in [0.15, 0.2) is 0 Å². The van der Waals surface area contributed by atoms with E-state index in [9.17, 15) is 4.39 Å². The van der Waals surface area contributed by atoms with Gasteiger partial charge in [0.1, 0.15) is 5.82 Å². The largest absolute Gasteiger partial charge is 0.312 e. The van der Waals surface area contributed by atoms with E-state index in [2.05, 4.69) is 17.1 Å². The summed E-state index contributed by atoms with van der Waals surface area (Å²) in [6.07, 6.45) is 2.59. The van der Waals surface area contributed by atoms with Crippen LogP contribution in [-0.4, -0.2) is 31.1 Å². The van der Waals surface area contributed by atoms with E-state index in [1.807, 2.05) is 13.0 Å². The van der Waals surface area contributed by atoms with Crippen molar-refractivity contribution >= 4 is 0 Å². The van der Waals surface area contributed by atoms with Crippen molar-refractivity contribution in [1.29, 1.82) is 0 Å². The van der Waals surface area contributed by atoms with E-state index < -0.39 is 0 Å². The SMILES string of the molecule is CCN1CCC(CNCc2ccc(F)cc2C)CC1. The number of benzene rings is 1. The second-order valence-corrected chi connectivity index (χ2v) is 5.58. The molecule has 0 unspecified atom stereocenters. The summed E-state index contributed by atoms with van der Waals surface area (Å²) in [5, 5.41) is 3.52. The molecule has 0 radical (unpaired) electrons. The second kappa shape index (κ2) is 7.01. The second-order valence-electron chi connectivity index (χ2n) is 5.58. The van der Waals surface area contributed by atoms with E-state index in [-0.39, 0.29) is 5.82 Å². The van der Waals surface area contributed by atoms with E-state index >= 15 is 0 Å². The third-order valence-electron chi connectivity index (χ3n) is 4.21. The number of aryl methyl sites for hydroxylation is 1. The molecule has 1 aromatic rings. The summed E-state index contributed by atoms with van der Waals surface area (Å²) >= 11 is 0. The maximum Gasteiger partial charge on any atom is 0.123 e. The average Bonchev–Trinajstić information content (AvgIpc) is 2.42. The van der Waals surface area contributed by atoms with Crippen molar-refractivity contribution in [3.63, 3.8) is 0 Å². The van der Waals surface area contributed by atoms with Gasteiger partial charge in [0.2, 0.25) is 0 Å². The smallest absolute Gasteiger partial charge is 0.123 e. The van der Waals surface area contributed by atoms with Gasteiger partial charge < -0.3 is 10.2 Å². The van der Waals surface area contributed by atoms with Crippen LogP contribution in [0.15, 0.2) is 18.2 Å². The van der Waals surface area contributed by atoms with Crippen LogP contribution < -0.4 is 5.32 Å². The van der Waals surface area contributed by atoms with E-state index in [0.29, 0.717) is 0 Å². The molecule has 2 nitrogen and oxygen atoms in total. The van der Waals surface area contributed by atoms with Gasteiger partial charge in [-0.2, -0.15) is 0 Å². The molecule has 1 aliphatic heterocycles. The first-order chi connectivity index (χ1) is 9.19. The molecule has 0 bridgehead atoms. The molecule has 1 aromatic carbocycles. The Labute approximate surface area is 116 Å². The van der Waals surface area contributed by atoms with Crippen LogP contribution in [0.4, 0.5) is 4.39 Å². The van der Waals surface area contributed by atoms with Crippen LogP contribution in [0.2, 0.25) is 0 Å². The van der Waals surface area contributed by atoms with Crippen LogP contribution in [0.25, 0.3) is 0 Å². The fourth-order valence-corrected chi connectivity index (χ4v) is 2.78. The van der Waals surface area contributed by atoms with Crippen molar-refractivity contribution in [3.8, 4) is 0 Å². The first-order valence-corrected chi connectivity index (χ1v) is 7.37. The quantitative estimate of drug-likeness (QED) is 0.879. The fourth-order valence-electron chi connectivity index (χ4n) is 2.78. The number of piperidine rings is 1. The lowest BCUT2D eigenvalue weighted by Crippen LogP contribution is -2.37. The lowest BCUT2D eigenvalue weighted by Gasteiger charge is -2.31. The molecule has 0 amide bonds. The number of halogens is 1. The average molecular weight is 264 g/mol. The van der Waals surface area contributed by atoms with Crippen LogP contribution in [0.1, 0.15) is 30.9 Å². The summed E-state index contributed by atoms with van der Waals surface area (Å²) in [5.74, 6) is 0.650. The van der Waals surface area contributed by atoms with Crippen molar-refractivity contribution in [3.05, 3.63) is 35.1 Å². The van der Waals surface area contributed by atoms with Gasteiger partial charge in [-0.3, -0.25) is 0 Å². The molecule has 106 valence electrons. The Morgan fingerprint density at radius 1 is 1.32 bits per heavy atom. The molecule has 0 aromatic heterocycles. The van der Waals surface area contributed by atoms with Gasteiger partial charge >= 0.3 is 0 Å². The number of hydrogen-bond acceptors (Lipinski definition) is 2. The van der Waals surface area contributed by atoms with E-state index in [1.54, 1.807) is 12.1 Å². The summed E-state index contributed by atoms with van der Waals surface area (Å²) in [6, 6.07) is 5.04. The minimum absolute atomic E-state index is 0.145.